The van der Waals surface area contributed by atoms with Crippen molar-refractivity contribution in [3.05, 3.63) is 34.9 Å². The third kappa shape index (κ3) is 4.67. The molecule has 0 aliphatic carbocycles. The molecule has 0 spiro atoms. The number of nitrogens with two attached hydrogens (primary N) is 1. The van der Waals surface area contributed by atoms with Crippen molar-refractivity contribution >= 4 is 17.5 Å². The first-order chi connectivity index (χ1) is 8.45. The lowest BCUT2D eigenvalue weighted by Crippen LogP contribution is -2.51. The molecule has 1 atom stereocenters. The zero-order chi connectivity index (χ0) is 13.6. The maximum absolute atomic E-state index is 11.8. The molecule has 0 aliphatic rings. The summed E-state index contributed by atoms with van der Waals surface area (Å²) in [5, 5.41) is 3.58. The fourth-order valence-corrected chi connectivity index (χ4v) is 2.06. The third-order valence-electron chi connectivity index (χ3n) is 2.88. The molecule has 0 saturated carbocycles. The van der Waals surface area contributed by atoms with Crippen molar-refractivity contribution in [2.75, 3.05) is 6.54 Å². The lowest BCUT2D eigenvalue weighted by atomic mass is 9.96. The molecule has 1 rings (SSSR count). The Bertz CT molecular complexity index is 405. The summed E-state index contributed by atoms with van der Waals surface area (Å²) < 4.78 is 0. The van der Waals surface area contributed by atoms with Gasteiger partial charge in [-0.1, -0.05) is 37.1 Å². The highest BCUT2D eigenvalue weighted by Crippen LogP contribution is 2.11. The number of amides is 1. The summed E-state index contributed by atoms with van der Waals surface area (Å²) in [6, 6.07) is 7.64. The van der Waals surface area contributed by atoms with E-state index in [9.17, 15) is 4.79 Å². The molecule has 3 nitrogen and oxygen atoms in total. The maximum Gasteiger partial charge on any atom is 0.239 e. The lowest BCUT2D eigenvalue weighted by molar-refractivity contribution is -0.126. The van der Waals surface area contributed by atoms with Gasteiger partial charge in [0.1, 0.15) is 0 Å². The second-order valence-electron chi connectivity index (χ2n) is 4.80. The summed E-state index contributed by atoms with van der Waals surface area (Å²) in [5.74, 6) is -0.0913. The second-order valence-corrected chi connectivity index (χ2v) is 5.24. The van der Waals surface area contributed by atoms with Crippen LogP contribution in [0.5, 0.6) is 0 Å². The highest BCUT2D eigenvalue weighted by atomic mass is 35.5. The van der Waals surface area contributed by atoms with E-state index < -0.39 is 5.54 Å². The van der Waals surface area contributed by atoms with Gasteiger partial charge in [0, 0.05) is 11.6 Å². The van der Waals surface area contributed by atoms with Gasteiger partial charge in [0.15, 0.2) is 0 Å². The minimum atomic E-state index is -0.775. The number of hydrogen-bond acceptors (Lipinski definition) is 2. The normalized spacial score (nSPS) is 14.0. The number of nitrogens with one attached hydrogen (secondary N) is 1. The van der Waals surface area contributed by atoms with E-state index in [4.69, 9.17) is 17.3 Å². The topological polar surface area (TPSA) is 55.1 Å². The Morgan fingerprint density at radius 1 is 1.50 bits per heavy atom. The van der Waals surface area contributed by atoms with Gasteiger partial charge in [-0.15, -0.1) is 0 Å². The first-order valence-corrected chi connectivity index (χ1v) is 6.65. The van der Waals surface area contributed by atoms with Crippen LogP contribution in [0, 0.1) is 0 Å². The second kappa shape index (κ2) is 6.76. The van der Waals surface area contributed by atoms with Crippen LogP contribution in [0.15, 0.2) is 24.3 Å². The fraction of sp³-hybridized carbons (Fsp3) is 0.500. The molecular formula is C14H21ClN2O. The van der Waals surface area contributed by atoms with Crippen LogP contribution in [0.3, 0.4) is 0 Å². The highest BCUT2D eigenvalue weighted by molar-refractivity contribution is 6.30. The average Bonchev–Trinajstić information content (AvgIpc) is 2.28. The molecule has 0 saturated heterocycles. The molecule has 0 radical (unpaired) electrons. The van der Waals surface area contributed by atoms with Crippen LogP contribution in [0.1, 0.15) is 32.3 Å². The molecule has 0 bridgehead atoms. The smallest absolute Gasteiger partial charge is 0.239 e. The molecule has 0 aliphatic heterocycles. The van der Waals surface area contributed by atoms with E-state index >= 15 is 0 Å². The van der Waals surface area contributed by atoms with Gasteiger partial charge >= 0.3 is 0 Å². The first kappa shape index (κ1) is 15.0. The van der Waals surface area contributed by atoms with Crippen molar-refractivity contribution in [1.29, 1.82) is 0 Å². The highest BCUT2D eigenvalue weighted by Gasteiger charge is 2.26. The number of benzene rings is 1. The van der Waals surface area contributed by atoms with Gasteiger partial charge < -0.3 is 11.1 Å². The van der Waals surface area contributed by atoms with Crippen molar-refractivity contribution in [3.8, 4) is 0 Å². The molecule has 18 heavy (non-hydrogen) atoms. The Morgan fingerprint density at radius 3 is 2.83 bits per heavy atom. The number of carbonyl (C=O) groups is 1. The number of halogens is 1. The molecular weight excluding hydrogens is 248 g/mol. The van der Waals surface area contributed by atoms with Gasteiger partial charge in [0.2, 0.25) is 5.91 Å². The Morgan fingerprint density at radius 2 is 2.22 bits per heavy atom. The van der Waals surface area contributed by atoms with E-state index in [0.29, 0.717) is 18.0 Å². The number of hydrogen-bond donors (Lipinski definition) is 2. The molecule has 3 N–H and O–H groups in total. The summed E-state index contributed by atoms with van der Waals surface area (Å²) in [4.78, 5) is 11.8. The molecule has 0 fully saturated rings. The molecule has 1 amide bonds. The van der Waals surface area contributed by atoms with E-state index in [-0.39, 0.29) is 5.91 Å². The largest absolute Gasteiger partial charge is 0.354 e. The van der Waals surface area contributed by atoms with Crippen LogP contribution in [0.2, 0.25) is 5.02 Å². The van der Waals surface area contributed by atoms with E-state index in [0.717, 1.165) is 18.4 Å². The lowest BCUT2D eigenvalue weighted by Gasteiger charge is -2.22. The Kier molecular flexibility index (Phi) is 5.63. The van der Waals surface area contributed by atoms with Gasteiger partial charge in [-0.25, -0.2) is 0 Å². The SMILES string of the molecule is CCCC(C)(N)C(=O)NCCc1cccc(Cl)c1. The minimum absolute atomic E-state index is 0.0913. The first-order valence-electron chi connectivity index (χ1n) is 6.27. The van der Waals surface area contributed by atoms with Gasteiger partial charge in [0.25, 0.3) is 0 Å². The van der Waals surface area contributed by atoms with Crippen molar-refractivity contribution < 1.29 is 4.79 Å². The molecule has 1 aromatic rings. The van der Waals surface area contributed by atoms with Gasteiger partial charge in [0.05, 0.1) is 5.54 Å². The zero-order valence-electron chi connectivity index (χ0n) is 11.0. The quantitative estimate of drug-likeness (QED) is 0.833. The zero-order valence-corrected chi connectivity index (χ0v) is 11.8. The van der Waals surface area contributed by atoms with Gasteiger partial charge in [-0.05, 0) is 37.5 Å². The fourth-order valence-electron chi connectivity index (χ4n) is 1.85. The Balaban J connectivity index is 2.40. The number of rotatable bonds is 6. The van der Waals surface area contributed by atoms with Crippen molar-refractivity contribution in [2.24, 2.45) is 5.73 Å². The predicted octanol–water partition coefficient (Wildman–Crippen LogP) is 2.52. The standard InChI is InChI=1S/C14H21ClN2O/c1-3-8-14(2,16)13(18)17-9-7-11-5-4-6-12(15)10-11/h4-6,10H,3,7-9,16H2,1-2H3,(H,17,18). The summed E-state index contributed by atoms with van der Waals surface area (Å²) >= 11 is 5.89. The number of carbonyl (C=O) groups excluding carboxylic acids is 1. The monoisotopic (exact) mass is 268 g/mol. The molecule has 100 valence electrons. The van der Waals surface area contributed by atoms with E-state index in [1.165, 1.54) is 0 Å². The predicted molar refractivity (Wildman–Crippen MR) is 75.7 cm³/mol. The Labute approximate surface area is 114 Å². The third-order valence-corrected chi connectivity index (χ3v) is 3.11. The van der Waals surface area contributed by atoms with Gasteiger partial charge in [-0.3, -0.25) is 4.79 Å². The minimum Gasteiger partial charge on any atom is -0.354 e. The van der Waals surface area contributed by atoms with Crippen molar-refractivity contribution in [3.63, 3.8) is 0 Å². The summed E-state index contributed by atoms with van der Waals surface area (Å²) in [6.07, 6.45) is 2.35. The summed E-state index contributed by atoms with van der Waals surface area (Å²) in [7, 11) is 0. The van der Waals surface area contributed by atoms with Gasteiger partial charge in [-0.2, -0.15) is 0 Å². The molecule has 0 heterocycles. The Hall–Kier alpha value is -1.06. The molecule has 0 aromatic heterocycles. The average molecular weight is 269 g/mol. The summed E-state index contributed by atoms with van der Waals surface area (Å²) in [6.45, 7) is 4.37. The van der Waals surface area contributed by atoms with E-state index in [1.807, 2.05) is 31.2 Å². The van der Waals surface area contributed by atoms with E-state index in [2.05, 4.69) is 5.32 Å². The van der Waals surface area contributed by atoms with Crippen LogP contribution in [-0.2, 0) is 11.2 Å². The van der Waals surface area contributed by atoms with E-state index in [1.54, 1.807) is 6.92 Å². The molecule has 1 unspecified atom stereocenters. The van der Waals surface area contributed by atoms with Crippen molar-refractivity contribution in [1.82, 2.24) is 5.32 Å². The van der Waals surface area contributed by atoms with Crippen LogP contribution in [0.25, 0.3) is 0 Å². The summed E-state index contributed by atoms with van der Waals surface area (Å²) in [5.41, 5.74) is 6.27. The molecule has 1 aromatic carbocycles. The van der Waals surface area contributed by atoms with Crippen molar-refractivity contribution in [2.45, 2.75) is 38.6 Å². The maximum atomic E-state index is 11.8. The van der Waals surface area contributed by atoms with Crippen LogP contribution >= 0.6 is 11.6 Å². The molecule has 4 heteroatoms. The van der Waals surface area contributed by atoms with Crippen LogP contribution < -0.4 is 11.1 Å². The van der Waals surface area contributed by atoms with Crippen LogP contribution in [-0.4, -0.2) is 18.0 Å². The van der Waals surface area contributed by atoms with Crippen LogP contribution in [0.4, 0.5) is 0 Å².